The highest BCUT2D eigenvalue weighted by atomic mass is 79.9. The number of aromatic nitrogens is 2. The van der Waals surface area contributed by atoms with Gasteiger partial charge in [0.15, 0.2) is 11.5 Å². The maximum Gasteiger partial charge on any atom is 0.203 e. The third kappa shape index (κ3) is 5.12. The molecular weight excluding hydrogens is 431 g/mol. The molecule has 0 spiro atoms. The van der Waals surface area contributed by atoms with E-state index in [0.29, 0.717) is 18.2 Å². The topological polar surface area (TPSA) is 98.8 Å². The SMILES string of the molecule is CN(CNc1nonc1C(=Nc1ccc(F)c(Br)c1)NO)Cc1ccccc1. The second kappa shape index (κ2) is 9.40. The molecule has 0 unspecified atom stereocenters. The molecule has 0 radical (unpaired) electrons. The van der Waals surface area contributed by atoms with Gasteiger partial charge in [-0.3, -0.25) is 15.6 Å². The summed E-state index contributed by atoms with van der Waals surface area (Å²) in [6.07, 6.45) is 0. The number of benzene rings is 2. The Hall–Kier alpha value is -2.82. The fourth-order valence-electron chi connectivity index (χ4n) is 2.44. The Morgan fingerprint density at radius 1 is 1.25 bits per heavy atom. The van der Waals surface area contributed by atoms with Gasteiger partial charge in [0, 0.05) is 6.54 Å². The fourth-order valence-corrected chi connectivity index (χ4v) is 2.80. The highest BCUT2D eigenvalue weighted by Gasteiger charge is 2.17. The molecule has 28 heavy (non-hydrogen) atoms. The number of anilines is 1. The van der Waals surface area contributed by atoms with Gasteiger partial charge in [-0.05, 0) is 57.1 Å². The number of hydroxylamine groups is 1. The Morgan fingerprint density at radius 2 is 2.04 bits per heavy atom. The Kier molecular flexibility index (Phi) is 6.69. The van der Waals surface area contributed by atoms with Gasteiger partial charge in [0.1, 0.15) is 5.82 Å². The van der Waals surface area contributed by atoms with E-state index in [-0.39, 0.29) is 16.0 Å². The minimum atomic E-state index is -0.413. The second-order valence-corrected chi connectivity index (χ2v) is 6.82. The molecule has 0 aliphatic heterocycles. The monoisotopic (exact) mass is 448 g/mol. The molecule has 1 aromatic heterocycles. The average Bonchev–Trinajstić information content (AvgIpc) is 3.16. The summed E-state index contributed by atoms with van der Waals surface area (Å²) in [6, 6.07) is 14.2. The van der Waals surface area contributed by atoms with Crippen LogP contribution in [-0.4, -0.2) is 40.0 Å². The van der Waals surface area contributed by atoms with E-state index in [0.717, 1.165) is 6.54 Å². The van der Waals surface area contributed by atoms with Crippen molar-refractivity contribution >= 4 is 33.3 Å². The first-order valence-corrected chi connectivity index (χ1v) is 9.09. The maximum absolute atomic E-state index is 13.4. The van der Waals surface area contributed by atoms with E-state index in [9.17, 15) is 9.60 Å². The third-order valence-electron chi connectivity index (χ3n) is 3.77. The predicted octanol–water partition coefficient (Wildman–Crippen LogP) is 3.53. The van der Waals surface area contributed by atoms with Crippen molar-refractivity contribution in [1.29, 1.82) is 0 Å². The molecule has 0 aliphatic carbocycles. The number of aliphatic imine (C=N–C) groups is 1. The van der Waals surface area contributed by atoms with Gasteiger partial charge in [-0.15, -0.1) is 0 Å². The number of halogens is 2. The van der Waals surface area contributed by atoms with Crippen LogP contribution in [0.2, 0.25) is 0 Å². The largest absolute Gasteiger partial charge is 0.352 e. The van der Waals surface area contributed by atoms with Crippen LogP contribution in [0.1, 0.15) is 11.3 Å². The zero-order valence-electron chi connectivity index (χ0n) is 14.9. The van der Waals surface area contributed by atoms with Gasteiger partial charge in [0.05, 0.1) is 16.8 Å². The quantitative estimate of drug-likeness (QED) is 0.220. The molecule has 0 saturated carbocycles. The van der Waals surface area contributed by atoms with Crippen LogP contribution in [0.15, 0.2) is 62.6 Å². The van der Waals surface area contributed by atoms with Crippen molar-refractivity contribution in [2.24, 2.45) is 4.99 Å². The van der Waals surface area contributed by atoms with Crippen LogP contribution >= 0.6 is 15.9 Å². The molecule has 1 heterocycles. The van der Waals surface area contributed by atoms with Crippen molar-refractivity contribution in [1.82, 2.24) is 20.7 Å². The summed E-state index contributed by atoms with van der Waals surface area (Å²) in [7, 11) is 1.95. The van der Waals surface area contributed by atoms with E-state index >= 15 is 0 Å². The fraction of sp³-hybridized carbons (Fsp3) is 0.167. The van der Waals surface area contributed by atoms with Crippen LogP contribution in [0.3, 0.4) is 0 Å². The summed E-state index contributed by atoms with van der Waals surface area (Å²) in [6.45, 7) is 1.19. The molecule has 10 heteroatoms. The normalized spacial score (nSPS) is 11.7. The number of amidine groups is 1. The molecule has 2 aromatic carbocycles. The van der Waals surface area contributed by atoms with E-state index in [4.69, 9.17) is 4.63 Å². The van der Waals surface area contributed by atoms with Gasteiger partial charge >= 0.3 is 0 Å². The Bertz CT molecular complexity index is 950. The molecule has 8 nitrogen and oxygen atoms in total. The van der Waals surface area contributed by atoms with E-state index in [1.807, 2.05) is 47.8 Å². The van der Waals surface area contributed by atoms with E-state index in [2.05, 4.69) is 36.6 Å². The van der Waals surface area contributed by atoms with Crippen molar-refractivity contribution in [2.75, 3.05) is 19.0 Å². The van der Waals surface area contributed by atoms with Crippen molar-refractivity contribution < 1.29 is 14.2 Å². The molecule has 3 aromatic rings. The highest BCUT2D eigenvalue weighted by molar-refractivity contribution is 9.10. The van der Waals surface area contributed by atoms with Crippen LogP contribution < -0.4 is 10.8 Å². The number of nitrogens with zero attached hydrogens (tertiary/aromatic N) is 4. The summed E-state index contributed by atoms with van der Waals surface area (Å²) in [5.74, 6) is -0.0984. The second-order valence-electron chi connectivity index (χ2n) is 5.97. The molecule has 0 saturated heterocycles. The lowest BCUT2D eigenvalue weighted by Gasteiger charge is -2.17. The van der Waals surface area contributed by atoms with Gasteiger partial charge in [0.25, 0.3) is 0 Å². The molecule has 0 aliphatic rings. The van der Waals surface area contributed by atoms with Crippen molar-refractivity contribution in [3.63, 3.8) is 0 Å². The van der Waals surface area contributed by atoms with Crippen LogP contribution in [0.4, 0.5) is 15.9 Å². The number of nitrogens with one attached hydrogen (secondary N) is 2. The third-order valence-corrected chi connectivity index (χ3v) is 4.38. The van der Waals surface area contributed by atoms with E-state index in [1.54, 1.807) is 0 Å². The molecule has 3 N–H and O–H groups in total. The van der Waals surface area contributed by atoms with Gasteiger partial charge in [-0.25, -0.2) is 14.0 Å². The molecule has 0 fully saturated rings. The van der Waals surface area contributed by atoms with Gasteiger partial charge in [-0.1, -0.05) is 30.3 Å². The minimum absolute atomic E-state index is 0.00738. The number of hydrogen-bond acceptors (Lipinski definition) is 7. The van der Waals surface area contributed by atoms with Gasteiger partial charge in [-0.2, -0.15) is 0 Å². The lowest BCUT2D eigenvalue weighted by molar-refractivity contribution is 0.234. The molecule has 3 rings (SSSR count). The Morgan fingerprint density at radius 3 is 2.75 bits per heavy atom. The highest BCUT2D eigenvalue weighted by Crippen LogP contribution is 2.23. The van der Waals surface area contributed by atoms with Crippen LogP contribution in [-0.2, 0) is 6.54 Å². The minimum Gasteiger partial charge on any atom is -0.352 e. The summed E-state index contributed by atoms with van der Waals surface area (Å²) in [5, 5.41) is 20.1. The summed E-state index contributed by atoms with van der Waals surface area (Å²) in [4.78, 5) is 6.26. The zero-order valence-corrected chi connectivity index (χ0v) is 16.5. The first-order valence-electron chi connectivity index (χ1n) is 8.30. The van der Waals surface area contributed by atoms with E-state index in [1.165, 1.54) is 23.8 Å². The molecular formula is C18H18BrFN6O2. The van der Waals surface area contributed by atoms with Crippen LogP contribution in [0, 0.1) is 5.82 Å². The van der Waals surface area contributed by atoms with Gasteiger partial charge < -0.3 is 5.32 Å². The number of rotatable bonds is 7. The first-order chi connectivity index (χ1) is 13.6. The lowest BCUT2D eigenvalue weighted by atomic mass is 10.2. The van der Waals surface area contributed by atoms with Crippen molar-refractivity contribution in [3.8, 4) is 0 Å². The van der Waals surface area contributed by atoms with Crippen molar-refractivity contribution in [3.05, 3.63) is 70.1 Å². The van der Waals surface area contributed by atoms with Crippen LogP contribution in [0.25, 0.3) is 0 Å². The van der Waals surface area contributed by atoms with Crippen molar-refractivity contribution in [2.45, 2.75) is 6.54 Å². The smallest absolute Gasteiger partial charge is 0.203 e. The summed E-state index contributed by atoms with van der Waals surface area (Å²) < 4.78 is 18.4. The predicted molar refractivity (Wildman–Crippen MR) is 106 cm³/mol. The average molecular weight is 449 g/mol. The van der Waals surface area contributed by atoms with E-state index < -0.39 is 5.82 Å². The zero-order chi connectivity index (χ0) is 19.9. The van der Waals surface area contributed by atoms with Gasteiger partial charge in [0.2, 0.25) is 5.82 Å². The molecule has 0 bridgehead atoms. The Balaban J connectivity index is 1.70. The molecule has 0 atom stereocenters. The summed E-state index contributed by atoms with van der Waals surface area (Å²) in [5.41, 5.74) is 3.75. The Labute approximate surface area is 169 Å². The lowest BCUT2D eigenvalue weighted by Crippen LogP contribution is -2.27. The van der Waals surface area contributed by atoms with Crippen LogP contribution in [0.5, 0.6) is 0 Å². The molecule has 0 amide bonds. The first kappa shape index (κ1) is 19.9. The standard InChI is InChI=1S/C18H18BrFN6O2/c1-26(10-12-5-3-2-4-6-12)11-21-17-16(24-28-25-17)18(23-27)22-13-7-8-15(20)14(19)9-13/h2-9,27H,10-11H2,1H3,(H,21,25)(H,22,23). The number of hydrogen-bond donors (Lipinski definition) is 3. The summed E-state index contributed by atoms with van der Waals surface area (Å²) >= 11 is 3.10. The maximum atomic E-state index is 13.4. The molecule has 146 valence electrons.